The molecule has 0 radical (unpaired) electrons. The number of carbonyl (C=O) groups is 1. The Hall–Kier alpha value is -3.07. The molecule has 1 aromatic carbocycles. The average molecular weight is 561 g/mol. The molecule has 190 valence electrons. The van der Waals surface area contributed by atoms with Crippen LogP contribution in [0.3, 0.4) is 0 Å². The van der Waals surface area contributed by atoms with E-state index in [9.17, 15) is 18.3 Å². The number of hydrogen-bond acceptors (Lipinski definition) is 9. The summed E-state index contributed by atoms with van der Waals surface area (Å²) in [4.78, 5) is 18.3. The lowest BCUT2D eigenvalue weighted by molar-refractivity contribution is -0.192. The maximum atomic E-state index is 10.6. The van der Waals surface area contributed by atoms with Gasteiger partial charge in [0.25, 0.3) is 0 Å². The third kappa shape index (κ3) is 7.45. The van der Waals surface area contributed by atoms with Gasteiger partial charge >= 0.3 is 12.1 Å². The first-order valence-corrected chi connectivity index (χ1v) is 11.5. The van der Waals surface area contributed by atoms with Crippen molar-refractivity contribution in [1.29, 1.82) is 0 Å². The molecular formula is C20H24BrF3N8O3. The predicted molar refractivity (Wildman–Crippen MR) is 124 cm³/mol. The van der Waals surface area contributed by atoms with Gasteiger partial charge in [-0.2, -0.15) is 18.2 Å². The number of nitrogens with zero attached hydrogens (tertiary/aromatic N) is 6. The molecule has 0 spiro atoms. The molecule has 2 aromatic heterocycles. The molecule has 0 bridgehead atoms. The fraction of sp³-hybridized carbons (Fsp3) is 0.500. The first kappa shape index (κ1) is 26.5. The smallest absolute Gasteiger partial charge is 0.475 e. The van der Waals surface area contributed by atoms with Gasteiger partial charge in [-0.15, -0.1) is 5.10 Å². The molecular weight excluding hydrogens is 537 g/mol. The number of nitrogens with one attached hydrogen (secondary N) is 2. The van der Waals surface area contributed by atoms with Crippen LogP contribution in [0.1, 0.15) is 43.6 Å². The molecule has 15 heteroatoms. The molecule has 11 nitrogen and oxygen atoms in total. The molecule has 0 saturated heterocycles. The number of fused-ring (bicyclic) bond motifs is 1. The van der Waals surface area contributed by atoms with Gasteiger partial charge in [0.1, 0.15) is 5.82 Å². The molecule has 4 rings (SSSR count). The van der Waals surface area contributed by atoms with Crippen LogP contribution in [0.4, 0.5) is 24.9 Å². The standard InChI is InChI=1S/C18H23BrN8O.C2HF3O2/c1-10-7-12(19)8-14-16(10)22-18(23-17(14)20-6-5-11(2)28)21-9-15-24-25-26-27(15)13-3-4-13;3-2(4,5)1(6)7/h7-8,11,13,28H,3-6,9H2,1-2H3,(H2,20,21,22,23);(H,6,7). The molecule has 1 unspecified atom stereocenters. The van der Waals surface area contributed by atoms with Gasteiger partial charge < -0.3 is 20.8 Å². The van der Waals surface area contributed by atoms with Gasteiger partial charge in [0.15, 0.2) is 5.82 Å². The van der Waals surface area contributed by atoms with E-state index in [0.29, 0.717) is 31.5 Å². The second-order valence-electron chi connectivity index (χ2n) is 8.01. The lowest BCUT2D eigenvalue weighted by atomic mass is 10.1. The molecule has 35 heavy (non-hydrogen) atoms. The molecule has 0 amide bonds. The highest BCUT2D eigenvalue weighted by molar-refractivity contribution is 9.10. The van der Waals surface area contributed by atoms with Crippen molar-refractivity contribution in [3.63, 3.8) is 0 Å². The number of rotatable bonds is 8. The number of anilines is 2. The number of aliphatic hydroxyl groups is 1. The van der Waals surface area contributed by atoms with Crippen LogP contribution in [-0.2, 0) is 11.3 Å². The van der Waals surface area contributed by atoms with E-state index in [2.05, 4.69) is 47.1 Å². The lowest BCUT2D eigenvalue weighted by Gasteiger charge is -2.14. The second-order valence-corrected chi connectivity index (χ2v) is 8.92. The quantitative estimate of drug-likeness (QED) is 0.322. The molecule has 1 aliphatic carbocycles. The first-order chi connectivity index (χ1) is 16.5. The average Bonchev–Trinajstić information content (AvgIpc) is 3.50. The van der Waals surface area contributed by atoms with Crippen molar-refractivity contribution in [2.24, 2.45) is 0 Å². The van der Waals surface area contributed by atoms with Gasteiger partial charge in [0.2, 0.25) is 5.95 Å². The first-order valence-electron chi connectivity index (χ1n) is 10.7. The van der Waals surface area contributed by atoms with Crippen molar-refractivity contribution < 1.29 is 28.2 Å². The van der Waals surface area contributed by atoms with Gasteiger partial charge in [-0.3, -0.25) is 0 Å². The summed E-state index contributed by atoms with van der Waals surface area (Å²) in [6, 6.07) is 4.46. The number of aryl methyl sites for hydroxylation is 1. The van der Waals surface area contributed by atoms with E-state index < -0.39 is 12.1 Å². The van der Waals surface area contributed by atoms with E-state index in [4.69, 9.17) is 14.9 Å². The van der Waals surface area contributed by atoms with Crippen LogP contribution in [-0.4, -0.2) is 65.2 Å². The Morgan fingerprint density at radius 1 is 1.29 bits per heavy atom. The fourth-order valence-electron chi connectivity index (χ4n) is 3.06. The van der Waals surface area contributed by atoms with Crippen molar-refractivity contribution in [3.05, 3.63) is 28.0 Å². The number of benzene rings is 1. The van der Waals surface area contributed by atoms with Crippen molar-refractivity contribution in [2.45, 2.75) is 58.0 Å². The number of carboxylic acid groups (broad SMARTS) is 1. The monoisotopic (exact) mass is 560 g/mol. The number of carboxylic acids is 1. The molecule has 1 aliphatic rings. The Kier molecular flexibility index (Phi) is 8.43. The summed E-state index contributed by atoms with van der Waals surface area (Å²) in [6.45, 7) is 4.88. The summed E-state index contributed by atoms with van der Waals surface area (Å²) in [5, 5.41) is 36.2. The number of aliphatic hydroxyl groups excluding tert-OH is 1. The molecule has 0 aliphatic heterocycles. The third-order valence-electron chi connectivity index (χ3n) is 4.91. The van der Waals surface area contributed by atoms with Crippen molar-refractivity contribution in [1.82, 2.24) is 30.2 Å². The number of alkyl halides is 3. The van der Waals surface area contributed by atoms with Crippen LogP contribution in [0.15, 0.2) is 16.6 Å². The van der Waals surface area contributed by atoms with Crippen LogP contribution in [0.25, 0.3) is 10.9 Å². The predicted octanol–water partition coefficient (Wildman–Crippen LogP) is 3.45. The van der Waals surface area contributed by atoms with E-state index in [1.54, 1.807) is 6.92 Å². The second kappa shape index (κ2) is 11.1. The number of hydrogen-bond donors (Lipinski definition) is 4. The fourth-order valence-corrected chi connectivity index (χ4v) is 3.64. The van der Waals surface area contributed by atoms with Gasteiger partial charge in [0, 0.05) is 16.4 Å². The minimum Gasteiger partial charge on any atom is -0.475 e. The Balaban J connectivity index is 0.000000429. The summed E-state index contributed by atoms with van der Waals surface area (Å²) in [5.74, 6) is -0.725. The van der Waals surface area contributed by atoms with E-state index in [-0.39, 0.29) is 6.10 Å². The zero-order valence-corrected chi connectivity index (χ0v) is 20.4. The zero-order chi connectivity index (χ0) is 25.8. The normalized spacial score (nSPS) is 14.3. The van der Waals surface area contributed by atoms with Gasteiger partial charge in [-0.05, 0) is 61.2 Å². The molecule has 3 aromatic rings. The summed E-state index contributed by atoms with van der Waals surface area (Å²) in [6.07, 6.45) is -2.57. The minimum absolute atomic E-state index is 0.368. The highest BCUT2D eigenvalue weighted by Crippen LogP contribution is 2.34. The summed E-state index contributed by atoms with van der Waals surface area (Å²) >= 11 is 3.55. The maximum Gasteiger partial charge on any atom is 0.490 e. The Labute approximate surface area is 206 Å². The number of aliphatic carboxylic acids is 1. The molecule has 1 fully saturated rings. The third-order valence-corrected chi connectivity index (χ3v) is 5.37. The van der Waals surface area contributed by atoms with Crippen LogP contribution in [0.5, 0.6) is 0 Å². The van der Waals surface area contributed by atoms with Crippen molar-refractivity contribution in [3.8, 4) is 0 Å². The topological polar surface area (TPSA) is 151 Å². The van der Waals surface area contributed by atoms with Gasteiger partial charge in [-0.1, -0.05) is 15.9 Å². The van der Waals surface area contributed by atoms with Crippen LogP contribution < -0.4 is 10.6 Å². The van der Waals surface area contributed by atoms with E-state index in [1.807, 2.05) is 23.7 Å². The number of halogens is 4. The van der Waals surface area contributed by atoms with Gasteiger partial charge in [-0.25, -0.2) is 14.5 Å². The Morgan fingerprint density at radius 3 is 2.57 bits per heavy atom. The Bertz CT molecular complexity index is 1180. The van der Waals surface area contributed by atoms with Crippen LogP contribution >= 0.6 is 15.9 Å². The van der Waals surface area contributed by atoms with Crippen LogP contribution in [0, 0.1) is 6.92 Å². The minimum atomic E-state index is -5.08. The Morgan fingerprint density at radius 2 is 1.97 bits per heavy atom. The highest BCUT2D eigenvalue weighted by Gasteiger charge is 2.38. The molecule has 4 N–H and O–H groups in total. The zero-order valence-electron chi connectivity index (χ0n) is 18.8. The lowest BCUT2D eigenvalue weighted by Crippen LogP contribution is -2.21. The molecule has 1 saturated carbocycles. The van der Waals surface area contributed by atoms with Crippen molar-refractivity contribution in [2.75, 3.05) is 17.2 Å². The molecule has 2 heterocycles. The number of aromatic nitrogens is 6. The summed E-state index contributed by atoms with van der Waals surface area (Å²) in [7, 11) is 0. The van der Waals surface area contributed by atoms with E-state index in [0.717, 1.165) is 45.4 Å². The number of tetrazole rings is 1. The largest absolute Gasteiger partial charge is 0.490 e. The van der Waals surface area contributed by atoms with Crippen LogP contribution in [0.2, 0.25) is 0 Å². The van der Waals surface area contributed by atoms with E-state index in [1.165, 1.54) is 0 Å². The SMILES string of the molecule is Cc1cc(Br)cc2c(NCCC(C)O)nc(NCc3nnnn3C3CC3)nc12.O=C(O)C(F)(F)F. The molecule has 1 atom stereocenters. The highest BCUT2D eigenvalue weighted by atomic mass is 79.9. The summed E-state index contributed by atoms with van der Waals surface area (Å²) in [5.41, 5.74) is 1.93. The maximum absolute atomic E-state index is 10.6. The summed E-state index contributed by atoms with van der Waals surface area (Å²) < 4.78 is 34.6. The van der Waals surface area contributed by atoms with Gasteiger partial charge in [0.05, 0.1) is 24.2 Å². The van der Waals surface area contributed by atoms with E-state index >= 15 is 0 Å². The van der Waals surface area contributed by atoms with Crippen molar-refractivity contribution >= 4 is 44.6 Å².